The quantitative estimate of drug-likeness (QED) is 0.606. The molecule has 0 amide bonds. The van der Waals surface area contributed by atoms with E-state index in [4.69, 9.17) is 11.6 Å². The van der Waals surface area contributed by atoms with E-state index in [1.165, 1.54) is 19.3 Å². The minimum Gasteiger partial charge on any atom is -0.354 e. The van der Waals surface area contributed by atoms with Gasteiger partial charge in [0, 0.05) is 17.6 Å². The van der Waals surface area contributed by atoms with E-state index >= 15 is 0 Å². The number of nitrogens with zero attached hydrogens (tertiary/aromatic N) is 3. The molecule has 2 aromatic heterocycles. The van der Waals surface area contributed by atoms with Gasteiger partial charge >= 0.3 is 5.69 Å². The van der Waals surface area contributed by atoms with Crippen molar-refractivity contribution in [3.8, 4) is 0 Å². The first-order valence-electron chi connectivity index (χ1n) is 9.37. The number of nitrogens with one attached hydrogen (secondary N) is 3. The molecule has 0 bridgehead atoms. The van der Waals surface area contributed by atoms with Gasteiger partial charge in [-0.1, -0.05) is 36.2 Å². The number of hydrogen-bond donors (Lipinski definition) is 3. The van der Waals surface area contributed by atoms with Crippen LogP contribution in [0.25, 0.3) is 11.2 Å². The average Bonchev–Trinajstić information content (AvgIpc) is 2.99. The minimum absolute atomic E-state index is 0.220. The molecule has 0 spiro atoms. The van der Waals surface area contributed by atoms with E-state index in [-0.39, 0.29) is 5.69 Å². The Kier molecular flexibility index (Phi) is 5.40. The molecule has 1 aliphatic rings. The van der Waals surface area contributed by atoms with Crippen molar-refractivity contribution in [2.75, 3.05) is 18.4 Å². The van der Waals surface area contributed by atoms with Gasteiger partial charge in [-0.2, -0.15) is 4.98 Å². The van der Waals surface area contributed by atoms with E-state index in [1.807, 2.05) is 24.3 Å². The molecule has 4 rings (SSSR count). The van der Waals surface area contributed by atoms with Crippen LogP contribution in [0.4, 0.5) is 5.95 Å². The molecule has 0 saturated carbocycles. The second-order valence-corrected chi connectivity index (χ2v) is 7.31. The molecule has 1 unspecified atom stereocenters. The SMILES string of the molecule is O=c1[nH]c2cnc(NCCC3CCCCN3)nc2n1Cc1ccccc1Cl. The third-order valence-electron chi connectivity index (χ3n) is 4.99. The number of anilines is 1. The Morgan fingerprint density at radius 3 is 3.00 bits per heavy atom. The number of hydrogen-bond acceptors (Lipinski definition) is 5. The molecule has 142 valence electrons. The Morgan fingerprint density at radius 1 is 1.30 bits per heavy atom. The molecule has 27 heavy (non-hydrogen) atoms. The van der Waals surface area contributed by atoms with Gasteiger partial charge in [0.2, 0.25) is 5.95 Å². The van der Waals surface area contributed by atoms with Crippen molar-refractivity contribution < 1.29 is 0 Å². The van der Waals surface area contributed by atoms with Crippen LogP contribution in [0, 0.1) is 0 Å². The molecule has 8 heteroatoms. The van der Waals surface area contributed by atoms with Crippen molar-refractivity contribution in [3.63, 3.8) is 0 Å². The molecule has 3 aromatic rings. The first-order valence-corrected chi connectivity index (χ1v) is 9.75. The Morgan fingerprint density at radius 2 is 2.19 bits per heavy atom. The minimum atomic E-state index is -0.220. The van der Waals surface area contributed by atoms with Gasteiger partial charge in [0.1, 0.15) is 5.52 Å². The number of benzene rings is 1. The number of halogens is 1. The van der Waals surface area contributed by atoms with Crippen LogP contribution in [0.2, 0.25) is 5.02 Å². The lowest BCUT2D eigenvalue weighted by Gasteiger charge is -2.23. The van der Waals surface area contributed by atoms with Crippen LogP contribution in [-0.2, 0) is 6.54 Å². The smallest absolute Gasteiger partial charge is 0.328 e. The van der Waals surface area contributed by atoms with Gasteiger partial charge in [-0.3, -0.25) is 4.57 Å². The van der Waals surface area contributed by atoms with Crippen molar-refractivity contribution in [2.45, 2.75) is 38.3 Å². The second kappa shape index (κ2) is 8.10. The largest absolute Gasteiger partial charge is 0.354 e. The Balaban J connectivity index is 1.51. The monoisotopic (exact) mass is 386 g/mol. The molecule has 1 fully saturated rings. The summed E-state index contributed by atoms with van der Waals surface area (Å²) < 4.78 is 1.59. The highest BCUT2D eigenvalue weighted by molar-refractivity contribution is 6.31. The third-order valence-corrected chi connectivity index (χ3v) is 5.35. The summed E-state index contributed by atoms with van der Waals surface area (Å²) in [5, 5.41) is 7.45. The Bertz CT molecular complexity index is 976. The van der Waals surface area contributed by atoms with Gasteiger partial charge in [0.15, 0.2) is 5.65 Å². The van der Waals surface area contributed by atoms with Crippen LogP contribution in [0.5, 0.6) is 0 Å². The first kappa shape index (κ1) is 18.0. The van der Waals surface area contributed by atoms with E-state index in [0.29, 0.717) is 34.7 Å². The summed E-state index contributed by atoms with van der Waals surface area (Å²) in [6.45, 7) is 2.26. The number of H-pyrrole nitrogens is 1. The highest BCUT2D eigenvalue weighted by Crippen LogP contribution is 2.18. The lowest BCUT2D eigenvalue weighted by Crippen LogP contribution is -2.35. The normalized spacial score (nSPS) is 17.3. The van der Waals surface area contributed by atoms with Gasteiger partial charge in [-0.05, 0) is 37.4 Å². The van der Waals surface area contributed by atoms with Crippen LogP contribution in [-0.4, -0.2) is 38.7 Å². The van der Waals surface area contributed by atoms with Crippen molar-refractivity contribution >= 4 is 28.7 Å². The van der Waals surface area contributed by atoms with Gasteiger partial charge in [0.05, 0.1) is 12.7 Å². The van der Waals surface area contributed by atoms with E-state index in [1.54, 1.807) is 10.8 Å². The van der Waals surface area contributed by atoms with Crippen molar-refractivity contribution in [1.82, 2.24) is 24.8 Å². The molecule has 1 atom stereocenters. The molecule has 0 aliphatic carbocycles. The number of imidazole rings is 1. The number of aromatic amines is 1. The molecule has 7 nitrogen and oxygen atoms in total. The van der Waals surface area contributed by atoms with Gasteiger partial charge in [0.25, 0.3) is 0 Å². The molecule has 1 aromatic carbocycles. The Labute approximate surface area is 162 Å². The number of rotatable bonds is 6. The number of fused-ring (bicyclic) bond motifs is 1. The zero-order chi connectivity index (χ0) is 18.6. The molecular formula is C19H23ClN6O. The highest BCUT2D eigenvalue weighted by atomic mass is 35.5. The summed E-state index contributed by atoms with van der Waals surface area (Å²) >= 11 is 6.24. The molecule has 1 saturated heterocycles. The van der Waals surface area contributed by atoms with E-state index in [2.05, 4.69) is 25.6 Å². The van der Waals surface area contributed by atoms with Crippen LogP contribution < -0.4 is 16.3 Å². The fraction of sp³-hybridized carbons (Fsp3) is 0.421. The predicted octanol–water partition coefficient (Wildman–Crippen LogP) is 2.77. The van der Waals surface area contributed by atoms with Crippen molar-refractivity contribution in [1.29, 1.82) is 0 Å². The van der Waals surface area contributed by atoms with Gasteiger partial charge in [-0.25, -0.2) is 9.78 Å². The van der Waals surface area contributed by atoms with E-state index in [9.17, 15) is 4.79 Å². The molecule has 1 aliphatic heterocycles. The second-order valence-electron chi connectivity index (χ2n) is 6.90. The van der Waals surface area contributed by atoms with E-state index < -0.39 is 0 Å². The summed E-state index contributed by atoms with van der Waals surface area (Å²) in [5.74, 6) is 0.533. The van der Waals surface area contributed by atoms with Gasteiger partial charge in [-0.15, -0.1) is 0 Å². The fourth-order valence-electron chi connectivity index (χ4n) is 3.50. The molecular weight excluding hydrogens is 364 g/mol. The lowest BCUT2D eigenvalue weighted by molar-refractivity contribution is 0.388. The summed E-state index contributed by atoms with van der Waals surface area (Å²) in [7, 11) is 0. The van der Waals surface area contributed by atoms with Crippen LogP contribution in [0.15, 0.2) is 35.3 Å². The zero-order valence-electron chi connectivity index (χ0n) is 15.0. The van der Waals surface area contributed by atoms with E-state index in [0.717, 1.165) is 25.1 Å². The standard InChI is InChI=1S/C19H23ClN6O/c20-15-7-2-1-5-13(15)12-26-17-16(24-19(26)27)11-23-18(25-17)22-10-8-14-6-3-4-9-21-14/h1-2,5,7,11,14,21H,3-4,6,8-10,12H2,(H,24,27)(H,22,23,25). The van der Waals surface area contributed by atoms with Crippen LogP contribution >= 0.6 is 11.6 Å². The maximum atomic E-state index is 12.4. The summed E-state index contributed by atoms with van der Waals surface area (Å²) in [4.78, 5) is 24.0. The number of piperidine rings is 1. The summed E-state index contributed by atoms with van der Waals surface area (Å²) in [6, 6.07) is 8.06. The number of aromatic nitrogens is 4. The molecule has 0 radical (unpaired) electrons. The van der Waals surface area contributed by atoms with Gasteiger partial charge < -0.3 is 15.6 Å². The van der Waals surface area contributed by atoms with Crippen LogP contribution in [0.1, 0.15) is 31.2 Å². The summed E-state index contributed by atoms with van der Waals surface area (Å²) in [5.41, 5.74) is 1.85. The maximum absolute atomic E-state index is 12.4. The van der Waals surface area contributed by atoms with Crippen molar-refractivity contribution in [3.05, 3.63) is 51.5 Å². The average molecular weight is 387 g/mol. The zero-order valence-corrected chi connectivity index (χ0v) is 15.8. The maximum Gasteiger partial charge on any atom is 0.328 e. The van der Waals surface area contributed by atoms with Crippen LogP contribution in [0.3, 0.4) is 0 Å². The lowest BCUT2D eigenvalue weighted by atomic mass is 10.0. The highest BCUT2D eigenvalue weighted by Gasteiger charge is 2.14. The fourth-order valence-corrected chi connectivity index (χ4v) is 3.70. The third kappa shape index (κ3) is 4.14. The predicted molar refractivity (Wildman–Crippen MR) is 107 cm³/mol. The first-order chi connectivity index (χ1) is 13.2. The molecule has 3 N–H and O–H groups in total. The summed E-state index contributed by atoms with van der Waals surface area (Å²) in [6.07, 6.45) is 6.45. The topological polar surface area (TPSA) is 87.6 Å². The Hall–Kier alpha value is -2.38. The molecule has 3 heterocycles. The van der Waals surface area contributed by atoms with Crippen molar-refractivity contribution in [2.24, 2.45) is 0 Å².